The molecule has 0 radical (unpaired) electrons. The minimum absolute atomic E-state index is 0.0130. The molecule has 23 heavy (non-hydrogen) atoms. The molecule has 0 heterocycles. The maximum Gasteiger partial charge on any atom is 0.230 e. The second kappa shape index (κ2) is 8.27. The molecule has 0 spiro atoms. The summed E-state index contributed by atoms with van der Waals surface area (Å²) in [6.45, 7) is 3.98. The number of ether oxygens (including phenoxy) is 1. The van der Waals surface area contributed by atoms with Gasteiger partial charge in [-0.05, 0) is 44.2 Å². The maximum atomic E-state index is 12.2. The summed E-state index contributed by atoms with van der Waals surface area (Å²) in [6, 6.07) is 13.3. The number of amides is 1. The number of halogens is 1. The molecule has 1 N–H and O–H groups in total. The molecule has 1 atom stereocenters. The number of hydrogen-bond acceptors (Lipinski definition) is 3. The molecule has 1 unspecified atom stereocenters. The van der Waals surface area contributed by atoms with Gasteiger partial charge in [0.2, 0.25) is 5.91 Å². The van der Waals surface area contributed by atoms with Gasteiger partial charge in [-0.2, -0.15) is 0 Å². The maximum absolute atomic E-state index is 12.2. The Kier molecular flexibility index (Phi) is 6.37. The molecule has 122 valence electrons. The lowest BCUT2D eigenvalue weighted by Gasteiger charge is -2.18. The fraction of sp³-hybridized carbons (Fsp3) is 0.278. The number of thioether (sulfide) groups is 1. The molecule has 1 amide bonds. The first-order valence-corrected chi connectivity index (χ1v) is 8.68. The predicted octanol–water partition coefficient (Wildman–Crippen LogP) is 4.63. The van der Waals surface area contributed by atoms with Crippen LogP contribution in [0.25, 0.3) is 0 Å². The highest BCUT2D eigenvalue weighted by Gasteiger charge is 2.14. The predicted molar refractivity (Wildman–Crippen MR) is 96.5 cm³/mol. The van der Waals surface area contributed by atoms with Crippen LogP contribution in [-0.2, 0) is 4.79 Å². The molecule has 2 rings (SSSR count). The van der Waals surface area contributed by atoms with Crippen LogP contribution in [0.5, 0.6) is 5.75 Å². The zero-order valence-electron chi connectivity index (χ0n) is 13.4. The van der Waals surface area contributed by atoms with E-state index < -0.39 is 0 Å². The summed E-state index contributed by atoms with van der Waals surface area (Å²) in [5.74, 6) is 1.13. The minimum atomic E-state index is -0.108. The highest BCUT2D eigenvalue weighted by molar-refractivity contribution is 8.00. The molecule has 0 aliphatic heterocycles. The zero-order chi connectivity index (χ0) is 16.8. The highest BCUT2D eigenvalue weighted by Crippen LogP contribution is 2.26. The Morgan fingerprint density at radius 1 is 1.26 bits per heavy atom. The Labute approximate surface area is 146 Å². The first kappa shape index (κ1) is 17.7. The van der Waals surface area contributed by atoms with Crippen molar-refractivity contribution in [1.82, 2.24) is 5.32 Å². The summed E-state index contributed by atoms with van der Waals surface area (Å²) in [5.41, 5.74) is 2.12. The molecule has 0 fully saturated rings. The Balaban J connectivity index is 1.94. The lowest BCUT2D eigenvalue weighted by molar-refractivity contribution is -0.119. The summed E-state index contributed by atoms with van der Waals surface area (Å²) < 4.78 is 5.37. The first-order chi connectivity index (χ1) is 11.0. The molecule has 2 aromatic carbocycles. The molecular formula is C18H20ClNO2S. The molecule has 0 bridgehead atoms. The van der Waals surface area contributed by atoms with Crippen LogP contribution in [0.1, 0.15) is 24.1 Å². The number of benzene rings is 2. The van der Waals surface area contributed by atoms with Gasteiger partial charge in [-0.1, -0.05) is 29.3 Å². The summed E-state index contributed by atoms with van der Waals surface area (Å²) in [7, 11) is 1.64. The van der Waals surface area contributed by atoms with Crippen molar-refractivity contribution >= 4 is 29.3 Å². The minimum Gasteiger partial charge on any atom is -0.496 e. The van der Waals surface area contributed by atoms with Gasteiger partial charge in [0.1, 0.15) is 5.75 Å². The Bertz CT molecular complexity index is 673. The van der Waals surface area contributed by atoms with Crippen LogP contribution in [0, 0.1) is 6.92 Å². The van der Waals surface area contributed by atoms with Gasteiger partial charge in [-0.3, -0.25) is 4.79 Å². The van der Waals surface area contributed by atoms with Crippen molar-refractivity contribution in [3.63, 3.8) is 0 Å². The molecule has 0 saturated carbocycles. The number of methoxy groups -OCH3 is 1. The van der Waals surface area contributed by atoms with E-state index in [9.17, 15) is 4.79 Å². The van der Waals surface area contributed by atoms with Crippen molar-refractivity contribution < 1.29 is 9.53 Å². The molecule has 3 nitrogen and oxygen atoms in total. The van der Waals surface area contributed by atoms with Crippen LogP contribution >= 0.6 is 23.4 Å². The molecule has 0 aliphatic rings. The van der Waals surface area contributed by atoms with Crippen molar-refractivity contribution in [2.75, 3.05) is 12.9 Å². The summed E-state index contributed by atoms with van der Waals surface area (Å²) >= 11 is 7.34. The van der Waals surface area contributed by atoms with E-state index in [0.717, 1.165) is 21.8 Å². The van der Waals surface area contributed by atoms with Gasteiger partial charge in [-0.25, -0.2) is 0 Å². The second-order valence-electron chi connectivity index (χ2n) is 5.28. The zero-order valence-corrected chi connectivity index (χ0v) is 15.0. The summed E-state index contributed by atoms with van der Waals surface area (Å²) in [6.07, 6.45) is 0. The van der Waals surface area contributed by atoms with Crippen molar-refractivity contribution in [2.24, 2.45) is 0 Å². The molecule has 5 heteroatoms. The number of carbonyl (C=O) groups is 1. The van der Waals surface area contributed by atoms with Crippen molar-refractivity contribution in [2.45, 2.75) is 24.8 Å². The van der Waals surface area contributed by atoms with Gasteiger partial charge in [0.05, 0.1) is 18.9 Å². The van der Waals surface area contributed by atoms with Crippen molar-refractivity contribution in [3.8, 4) is 5.75 Å². The SMILES string of the molecule is COc1ccc(C)cc1C(C)NC(=O)CSc1ccc(Cl)cc1. The Morgan fingerprint density at radius 3 is 2.61 bits per heavy atom. The number of rotatable bonds is 6. The van der Waals surface area contributed by atoms with Crippen LogP contribution in [0.3, 0.4) is 0 Å². The number of hydrogen-bond donors (Lipinski definition) is 1. The first-order valence-electron chi connectivity index (χ1n) is 7.32. The van der Waals surface area contributed by atoms with E-state index in [1.807, 2.05) is 56.3 Å². The fourth-order valence-corrected chi connectivity index (χ4v) is 3.07. The second-order valence-corrected chi connectivity index (χ2v) is 6.76. The van der Waals surface area contributed by atoms with Gasteiger partial charge in [0.15, 0.2) is 0 Å². The van der Waals surface area contributed by atoms with Gasteiger partial charge in [-0.15, -0.1) is 11.8 Å². The topological polar surface area (TPSA) is 38.3 Å². The monoisotopic (exact) mass is 349 g/mol. The Morgan fingerprint density at radius 2 is 1.96 bits per heavy atom. The Hall–Kier alpha value is -1.65. The van der Waals surface area contributed by atoms with E-state index in [1.165, 1.54) is 11.8 Å². The number of aryl methyl sites for hydroxylation is 1. The van der Waals surface area contributed by atoms with E-state index in [2.05, 4.69) is 5.32 Å². The average Bonchev–Trinajstić information content (AvgIpc) is 2.54. The van der Waals surface area contributed by atoms with Gasteiger partial charge in [0.25, 0.3) is 0 Å². The van der Waals surface area contributed by atoms with Crippen molar-refractivity contribution in [3.05, 3.63) is 58.6 Å². The van der Waals surface area contributed by atoms with Crippen LogP contribution in [0.4, 0.5) is 0 Å². The molecule has 0 saturated heterocycles. The van der Waals surface area contributed by atoms with Crippen LogP contribution in [-0.4, -0.2) is 18.8 Å². The third-order valence-corrected chi connectivity index (χ3v) is 4.68. The van der Waals surface area contributed by atoms with Gasteiger partial charge < -0.3 is 10.1 Å². The molecule has 0 aromatic heterocycles. The standard InChI is InChI=1S/C18H20ClNO2S/c1-12-4-9-17(22-3)16(10-12)13(2)20-18(21)11-23-15-7-5-14(19)6-8-15/h4-10,13H,11H2,1-3H3,(H,20,21). The average molecular weight is 350 g/mol. The quantitative estimate of drug-likeness (QED) is 0.773. The normalized spacial score (nSPS) is 11.8. The fourth-order valence-electron chi connectivity index (χ4n) is 2.23. The largest absolute Gasteiger partial charge is 0.496 e. The number of carbonyl (C=O) groups excluding carboxylic acids is 1. The summed E-state index contributed by atoms with van der Waals surface area (Å²) in [4.78, 5) is 13.2. The van der Waals surface area contributed by atoms with E-state index in [-0.39, 0.29) is 11.9 Å². The summed E-state index contributed by atoms with van der Waals surface area (Å²) in [5, 5.41) is 3.71. The van der Waals surface area contributed by atoms with E-state index in [1.54, 1.807) is 7.11 Å². The van der Waals surface area contributed by atoms with Gasteiger partial charge >= 0.3 is 0 Å². The van der Waals surface area contributed by atoms with E-state index in [4.69, 9.17) is 16.3 Å². The van der Waals surface area contributed by atoms with Crippen LogP contribution in [0.2, 0.25) is 5.02 Å². The number of nitrogens with one attached hydrogen (secondary N) is 1. The third-order valence-electron chi connectivity index (χ3n) is 3.41. The van der Waals surface area contributed by atoms with E-state index in [0.29, 0.717) is 10.8 Å². The van der Waals surface area contributed by atoms with Gasteiger partial charge in [0, 0.05) is 15.5 Å². The smallest absolute Gasteiger partial charge is 0.230 e. The van der Waals surface area contributed by atoms with E-state index >= 15 is 0 Å². The van der Waals surface area contributed by atoms with Crippen molar-refractivity contribution in [1.29, 1.82) is 0 Å². The lowest BCUT2D eigenvalue weighted by atomic mass is 10.0. The highest BCUT2D eigenvalue weighted by atomic mass is 35.5. The van der Waals surface area contributed by atoms with Crippen LogP contribution < -0.4 is 10.1 Å². The lowest BCUT2D eigenvalue weighted by Crippen LogP contribution is -2.28. The molecular weight excluding hydrogens is 330 g/mol. The van der Waals surface area contributed by atoms with Crippen LogP contribution in [0.15, 0.2) is 47.4 Å². The molecule has 0 aliphatic carbocycles. The third kappa shape index (κ3) is 5.19. The molecule has 2 aromatic rings.